The van der Waals surface area contributed by atoms with Crippen molar-refractivity contribution in [3.05, 3.63) is 48.0 Å². The second kappa shape index (κ2) is 7.70. The van der Waals surface area contributed by atoms with Gasteiger partial charge in [0, 0.05) is 22.6 Å². The molecule has 1 aromatic heterocycles. The number of ether oxygens (including phenoxy) is 1. The van der Waals surface area contributed by atoms with Crippen LogP contribution in [-0.4, -0.2) is 37.0 Å². The van der Waals surface area contributed by atoms with E-state index in [1.165, 1.54) is 0 Å². The van der Waals surface area contributed by atoms with E-state index in [9.17, 15) is 9.90 Å². The van der Waals surface area contributed by atoms with E-state index in [1.54, 1.807) is 7.11 Å². The Balaban J connectivity index is 2.21. The molecule has 0 aliphatic carbocycles. The molecule has 0 bridgehead atoms. The molecule has 138 valence electrons. The molecule has 0 aliphatic heterocycles. The fraction of sp³-hybridized carbons (Fsp3) is 0.238. The monoisotopic (exact) mass is 362 g/mol. The Kier molecular flexibility index (Phi) is 5.35. The number of aromatic hydroxyl groups is 1. The second-order valence-corrected chi connectivity index (χ2v) is 6.94. The molecular formula is C21H23BN2O3. The quantitative estimate of drug-likeness (QED) is 0.681. The van der Waals surface area contributed by atoms with E-state index in [1.807, 2.05) is 64.2 Å². The van der Waals surface area contributed by atoms with Gasteiger partial charge in [0.15, 0.2) is 0 Å². The van der Waals surface area contributed by atoms with Gasteiger partial charge in [0.2, 0.25) is 5.91 Å². The lowest BCUT2D eigenvalue weighted by atomic mass is 9.92. The van der Waals surface area contributed by atoms with Gasteiger partial charge in [-0.2, -0.15) is 0 Å². The van der Waals surface area contributed by atoms with E-state index in [0.29, 0.717) is 27.9 Å². The van der Waals surface area contributed by atoms with Crippen molar-refractivity contribution in [3.8, 4) is 22.8 Å². The number of pyridine rings is 1. The number of carbonyl (C=O) groups is 1. The van der Waals surface area contributed by atoms with Crippen LogP contribution < -0.4 is 15.5 Å². The topological polar surface area (TPSA) is 71.5 Å². The zero-order chi connectivity index (χ0) is 19.6. The molecule has 0 saturated heterocycles. The molecule has 1 amide bonds. The Morgan fingerprint density at radius 2 is 2.04 bits per heavy atom. The van der Waals surface area contributed by atoms with E-state index >= 15 is 0 Å². The van der Waals surface area contributed by atoms with Crippen molar-refractivity contribution in [2.75, 3.05) is 7.11 Å². The average molecular weight is 362 g/mol. The number of hydrogen-bond acceptors (Lipinski definition) is 4. The molecule has 5 nitrogen and oxygen atoms in total. The third kappa shape index (κ3) is 4.05. The maximum atomic E-state index is 12.4. The molecule has 0 fully saturated rings. The van der Waals surface area contributed by atoms with Crippen molar-refractivity contribution in [3.63, 3.8) is 0 Å². The van der Waals surface area contributed by atoms with Crippen LogP contribution in [0.2, 0.25) is 0 Å². The number of methoxy groups -OCH3 is 1. The number of fused-ring (bicyclic) bond motifs is 1. The maximum Gasteiger partial charge on any atom is 0.224 e. The summed E-state index contributed by atoms with van der Waals surface area (Å²) in [5.41, 5.74) is 3.59. The normalized spacial score (nSPS) is 11.0. The number of aromatic nitrogens is 1. The minimum Gasteiger partial charge on any atom is -0.507 e. The summed E-state index contributed by atoms with van der Waals surface area (Å²) in [7, 11) is 3.56. The highest BCUT2D eigenvalue weighted by molar-refractivity contribution is 6.33. The van der Waals surface area contributed by atoms with Crippen LogP contribution in [-0.2, 0) is 11.2 Å². The first-order chi connectivity index (χ1) is 12.9. The molecule has 0 aliphatic rings. The van der Waals surface area contributed by atoms with Gasteiger partial charge in [0.1, 0.15) is 19.3 Å². The van der Waals surface area contributed by atoms with Crippen molar-refractivity contribution in [2.24, 2.45) is 0 Å². The molecule has 0 radical (unpaired) electrons. The lowest BCUT2D eigenvalue weighted by Crippen LogP contribution is -2.31. The predicted octanol–water partition coefficient (Wildman–Crippen LogP) is 1.94. The predicted molar refractivity (Wildman–Crippen MR) is 111 cm³/mol. The minimum atomic E-state index is -0.154. The molecule has 27 heavy (non-hydrogen) atoms. The van der Waals surface area contributed by atoms with Gasteiger partial charge >= 0.3 is 0 Å². The summed E-state index contributed by atoms with van der Waals surface area (Å²) >= 11 is 0. The fourth-order valence-electron chi connectivity index (χ4n) is 3.11. The summed E-state index contributed by atoms with van der Waals surface area (Å²) in [6.07, 6.45) is 0.0490. The molecule has 0 saturated carbocycles. The second-order valence-electron chi connectivity index (χ2n) is 6.94. The van der Waals surface area contributed by atoms with Crippen LogP contribution in [0, 0.1) is 0 Å². The van der Waals surface area contributed by atoms with E-state index in [-0.39, 0.29) is 24.1 Å². The van der Waals surface area contributed by atoms with E-state index in [0.717, 1.165) is 11.0 Å². The Morgan fingerprint density at radius 1 is 1.26 bits per heavy atom. The third-order valence-corrected chi connectivity index (χ3v) is 4.34. The first kappa shape index (κ1) is 18.8. The van der Waals surface area contributed by atoms with Gasteiger partial charge in [0.25, 0.3) is 0 Å². The van der Waals surface area contributed by atoms with Crippen molar-refractivity contribution < 1.29 is 14.6 Å². The molecule has 0 atom stereocenters. The van der Waals surface area contributed by atoms with Gasteiger partial charge in [-0.25, -0.2) is 4.98 Å². The summed E-state index contributed by atoms with van der Waals surface area (Å²) in [6, 6.07) is 13.2. The summed E-state index contributed by atoms with van der Waals surface area (Å²) in [5, 5.41) is 14.5. The Labute approximate surface area is 159 Å². The van der Waals surface area contributed by atoms with Gasteiger partial charge in [-0.15, -0.1) is 0 Å². The Morgan fingerprint density at radius 3 is 2.74 bits per heavy atom. The SMILES string of the molecule is Bc1ccc2nc(-c3cccc(OC)c3)c(CC(=O)NC(C)C)c(O)c2c1. The number of benzene rings is 2. The lowest BCUT2D eigenvalue weighted by Gasteiger charge is -2.16. The summed E-state index contributed by atoms with van der Waals surface area (Å²) < 4.78 is 5.31. The molecule has 3 rings (SSSR count). The first-order valence-electron chi connectivity index (χ1n) is 8.95. The molecule has 6 heteroatoms. The largest absolute Gasteiger partial charge is 0.507 e. The van der Waals surface area contributed by atoms with Crippen molar-refractivity contribution in [1.29, 1.82) is 0 Å². The van der Waals surface area contributed by atoms with Crippen LogP contribution in [0.5, 0.6) is 11.5 Å². The summed E-state index contributed by atoms with van der Waals surface area (Å²) in [4.78, 5) is 17.2. The maximum absolute atomic E-state index is 12.4. The molecule has 0 spiro atoms. The summed E-state index contributed by atoms with van der Waals surface area (Å²) in [5.74, 6) is 0.633. The molecule has 3 aromatic rings. The number of carbonyl (C=O) groups excluding carboxylic acids is 1. The average Bonchev–Trinajstić information content (AvgIpc) is 2.63. The third-order valence-electron chi connectivity index (χ3n) is 4.34. The van der Waals surface area contributed by atoms with Gasteiger partial charge < -0.3 is 15.2 Å². The highest BCUT2D eigenvalue weighted by Gasteiger charge is 2.19. The van der Waals surface area contributed by atoms with Crippen LogP contribution in [0.3, 0.4) is 0 Å². The van der Waals surface area contributed by atoms with Gasteiger partial charge in [-0.1, -0.05) is 29.7 Å². The van der Waals surface area contributed by atoms with E-state index in [4.69, 9.17) is 9.72 Å². The smallest absolute Gasteiger partial charge is 0.224 e. The van der Waals surface area contributed by atoms with Crippen molar-refractivity contribution >= 4 is 30.1 Å². The number of nitrogens with zero attached hydrogens (tertiary/aromatic N) is 1. The van der Waals surface area contributed by atoms with Crippen molar-refractivity contribution in [2.45, 2.75) is 26.3 Å². The molecule has 1 heterocycles. The highest BCUT2D eigenvalue weighted by atomic mass is 16.5. The molecule has 2 N–H and O–H groups in total. The number of nitrogens with one attached hydrogen (secondary N) is 1. The standard InChI is InChI=1S/C21H23BN2O3/c1-12(2)23-19(25)11-17-20(13-5-4-6-15(9-13)27-3)24-18-8-7-14(22)10-16(18)21(17)26/h4-10,12H,11,22H2,1-3H3,(H,23,25)(H,24,26). The van der Waals surface area contributed by atoms with E-state index < -0.39 is 0 Å². The van der Waals surface area contributed by atoms with Gasteiger partial charge in [-0.05, 0) is 32.0 Å². The zero-order valence-electron chi connectivity index (χ0n) is 16.0. The fourth-order valence-corrected chi connectivity index (χ4v) is 3.11. The van der Waals surface area contributed by atoms with Crippen molar-refractivity contribution in [1.82, 2.24) is 10.3 Å². The highest BCUT2D eigenvalue weighted by Crippen LogP contribution is 2.35. The summed E-state index contributed by atoms with van der Waals surface area (Å²) in [6.45, 7) is 3.81. The Hall–Kier alpha value is -3.02. The minimum absolute atomic E-state index is 0.0237. The number of hydrogen-bond donors (Lipinski definition) is 2. The van der Waals surface area contributed by atoms with Crippen LogP contribution in [0.15, 0.2) is 42.5 Å². The van der Waals surface area contributed by atoms with Crippen LogP contribution in [0.25, 0.3) is 22.2 Å². The molecule has 0 unspecified atom stereocenters. The van der Waals surface area contributed by atoms with E-state index in [2.05, 4.69) is 5.32 Å². The van der Waals surface area contributed by atoms with Gasteiger partial charge in [0.05, 0.1) is 24.7 Å². The zero-order valence-corrected chi connectivity index (χ0v) is 16.0. The lowest BCUT2D eigenvalue weighted by molar-refractivity contribution is -0.120. The first-order valence-corrected chi connectivity index (χ1v) is 8.95. The van der Waals surface area contributed by atoms with Crippen LogP contribution in [0.1, 0.15) is 19.4 Å². The number of amides is 1. The Bertz CT molecular complexity index is 1000. The van der Waals surface area contributed by atoms with Crippen LogP contribution in [0.4, 0.5) is 0 Å². The number of rotatable bonds is 5. The van der Waals surface area contributed by atoms with Gasteiger partial charge in [-0.3, -0.25) is 4.79 Å². The van der Waals surface area contributed by atoms with Crippen LogP contribution >= 0.6 is 0 Å². The molecular weight excluding hydrogens is 339 g/mol. The molecule has 2 aromatic carbocycles.